The monoisotopic (exact) mass is 484 g/mol. The number of methoxy groups -OCH3 is 1. The molecule has 0 radical (unpaired) electrons. The molecular formula is C28H24N2O6. The molecule has 0 saturated carbocycles. The predicted molar refractivity (Wildman–Crippen MR) is 134 cm³/mol. The fourth-order valence-electron chi connectivity index (χ4n) is 4.32. The van der Waals surface area contributed by atoms with Crippen LogP contribution in [0.5, 0.6) is 0 Å². The van der Waals surface area contributed by atoms with Gasteiger partial charge in [0.1, 0.15) is 6.61 Å². The van der Waals surface area contributed by atoms with Gasteiger partial charge in [-0.1, -0.05) is 60.4 Å². The summed E-state index contributed by atoms with van der Waals surface area (Å²) < 4.78 is 10.2. The highest BCUT2D eigenvalue weighted by molar-refractivity contribution is 5.92. The Balaban J connectivity index is 1.33. The fraction of sp³-hybridized carbons (Fsp3) is 0.214. The Kier molecular flexibility index (Phi) is 7.31. The van der Waals surface area contributed by atoms with Gasteiger partial charge in [-0.15, -0.1) is 0 Å². The number of carbonyl (C=O) groups excluding carboxylic acids is 2. The molecule has 4 rings (SSSR count). The van der Waals surface area contributed by atoms with Gasteiger partial charge in [-0.05, 0) is 35.2 Å². The summed E-state index contributed by atoms with van der Waals surface area (Å²) in [7, 11) is 1.21. The van der Waals surface area contributed by atoms with Crippen molar-refractivity contribution >= 4 is 17.7 Å². The topological polar surface area (TPSA) is 108 Å². The van der Waals surface area contributed by atoms with Gasteiger partial charge in [-0.2, -0.15) is 0 Å². The van der Waals surface area contributed by atoms with E-state index in [0.717, 1.165) is 22.3 Å². The van der Waals surface area contributed by atoms with Crippen molar-refractivity contribution in [3.05, 3.63) is 98.6 Å². The third-order valence-corrected chi connectivity index (χ3v) is 6.08. The lowest BCUT2D eigenvalue weighted by Crippen LogP contribution is -2.26. The molecule has 0 spiro atoms. The van der Waals surface area contributed by atoms with Crippen molar-refractivity contribution in [2.75, 3.05) is 20.3 Å². The highest BCUT2D eigenvalue weighted by Gasteiger charge is 2.29. The van der Waals surface area contributed by atoms with E-state index in [-0.39, 0.29) is 35.9 Å². The van der Waals surface area contributed by atoms with E-state index in [1.165, 1.54) is 26.2 Å². The summed E-state index contributed by atoms with van der Waals surface area (Å²) in [6, 6.07) is 19.0. The maximum Gasteiger partial charge on any atom is 0.407 e. The van der Waals surface area contributed by atoms with Crippen LogP contribution in [0.1, 0.15) is 45.0 Å². The van der Waals surface area contributed by atoms with Crippen LogP contribution < -0.4 is 5.32 Å². The van der Waals surface area contributed by atoms with E-state index in [1.807, 2.05) is 24.3 Å². The van der Waals surface area contributed by atoms with Crippen LogP contribution >= 0.6 is 0 Å². The Morgan fingerprint density at radius 3 is 2.31 bits per heavy atom. The summed E-state index contributed by atoms with van der Waals surface area (Å²) >= 11 is 0. The number of fused-ring (bicyclic) bond motifs is 3. The molecule has 36 heavy (non-hydrogen) atoms. The summed E-state index contributed by atoms with van der Waals surface area (Å²) in [5, 5.41) is 14.0. The van der Waals surface area contributed by atoms with Crippen LogP contribution in [0.3, 0.4) is 0 Å². The normalized spacial score (nSPS) is 11.5. The molecule has 8 heteroatoms. The summed E-state index contributed by atoms with van der Waals surface area (Å²) in [6.07, 6.45) is -0.253. The Morgan fingerprint density at radius 2 is 1.69 bits per heavy atom. The van der Waals surface area contributed by atoms with Crippen LogP contribution in [0.25, 0.3) is 11.1 Å². The quantitative estimate of drug-likeness (QED) is 0.174. The average molecular weight is 485 g/mol. The maximum atomic E-state index is 12.3. The number of nitrogens with zero attached hydrogens (tertiary/aromatic N) is 1. The second-order valence-corrected chi connectivity index (χ2v) is 8.22. The van der Waals surface area contributed by atoms with Gasteiger partial charge < -0.3 is 14.8 Å². The van der Waals surface area contributed by atoms with Gasteiger partial charge in [0, 0.05) is 36.1 Å². The minimum atomic E-state index is -0.670. The van der Waals surface area contributed by atoms with Gasteiger partial charge in [-0.3, -0.25) is 10.1 Å². The van der Waals surface area contributed by atoms with E-state index in [9.17, 15) is 19.7 Å². The maximum absolute atomic E-state index is 12.3. The largest absolute Gasteiger partial charge is 0.465 e. The fourth-order valence-corrected chi connectivity index (χ4v) is 4.32. The lowest BCUT2D eigenvalue weighted by molar-refractivity contribution is -0.385. The van der Waals surface area contributed by atoms with E-state index in [0.29, 0.717) is 12.0 Å². The van der Waals surface area contributed by atoms with Crippen LogP contribution in [0, 0.1) is 28.9 Å². The highest BCUT2D eigenvalue weighted by Crippen LogP contribution is 2.44. The predicted octanol–water partition coefficient (Wildman–Crippen LogP) is 4.97. The summed E-state index contributed by atoms with van der Waals surface area (Å²) in [4.78, 5) is 35.0. The smallest absolute Gasteiger partial charge is 0.407 e. The number of ether oxygens (including phenoxy) is 2. The van der Waals surface area contributed by atoms with E-state index in [4.69, 9.17) is 9.47 Å². The first-order valence-electron chi connectivity index (χ1n) is 11.4. The van der Waals surface area contributed by atoms with Gasteiger partial charge in [-0.25, -0.2) is 9.59 Å². The first kappa shape index (κ1) is 24.5. The van der Waals surface area contributed by atoms with Crippen molar-refractivity contribution in [1.29, 1.82) is 0 Å². The molecule has 0 aromatic heterocycles. The van der Waals surface area contributed by atoms with Crippen molar-refractivity contribution in [2.45, 2.75) is 19.3 Å². The zero-order valence-corrected chi connectivity index (χ0v) is 19.9. The average Bonchev–Trinajstić information content (AvgIpc) is 3.21. The number of rotatable bonds is 6. The number of esters is 1. The van der Waals surface area contributed by atoms with Gasteiger partial charge in [0.05, 0.1) is 17.6 Å². The zero-order valence-electron chi connectivity index (χ0n) is 19.9. The molecule has 0 bridgehead atoms. The van der Waals surface area contributed by atoms with Gasteiger partial charge in [0.25, 0.3) is 5.69 Å². The minimum absolute atomic E-state index is 0.0238. The van der Waals surface area contributed by atoms with Crippen LogP contribution in [0.4, 0.5) is 10.5 Å². The third-order valence-electron chi connectivity index (χ3n) is 6.08. The van der Waals surface area contributed by atoms with Crippen molar-refractivity contribution in [1.82, 2.24) is 5.32 Å². The molecule has 3 aromatic rings. The Hall–Kier alpha value is -4.64. The summed E-state index contributed by atoms with van der Waals surface area (Å²) in [5.41, 5.74) is 5.00. The number of hydrogen-bond donors (Lipinski definition) is 1. The number of alkyl carbamates (subject to hydrolysis) is 1. The molecule has 0 unspecified atom stereocenters. The molecule has 1 N–H and O–H groups in total. The number of nitro groups is 1. The standard InChI is InChI=1S/C28H24N2O6/c1-18-24(27(31)35-2)15-19(16-26(18)30(33)34)9-7-8-14-29-28(32)36-17-25-22-12-5-3-10-20(22)21-11-4-6-13-23(21)25/h3-6,10-13,15-16,25H,8,14,17H2,1-2H3,(H,29,32). The molecule has 0 fully saturated rings. The van der Waals surface area contributed by atoms with Crippen molar-refractivity contribution in [2.24, 2.45) is 0 Å². The molecular weight excluding hydrogens is 460 g/mol. The molecule has 1 aliphatic carbocycles. The van der Waals surface area contributed by atoms with Crippen molar-refractivity contribution in [3.63, 3.8) is 0 Å². The lowest BCUT2D eigenvalue weighted by atomic mass is 9.98. The lowest BCUT2D eigenvalue weighted by Gasteiger charge is -2.14. The van der Waals surface area contributed by atoms with Crippen LogP contribution in [-0.2, 0) is 9.47 Å². The highest BCUT2D eigenvalue weighted by atomic mass is 16.6. The number of benzene rings is 3. The first-order chi connectivity index (χ1) is 17.4. The molecule has 0 aliphatic heterocycles. The van der Waals surface area contributed by atoms with Crippen molar-refractivity contribution < 1.29 is 24.0 Å². The van der Waals surface area contributed by atoms with Gasteiger partial charge in [0.2, 0.25) is 0 Å². The van der Waals surface area contributed by atoms with E-state index in [2.05, 4.69) is 41.4 Å². The minimum Gasteiger partial charge on any atom is -0.465 e. The summed E-state index contributed by atoms with van der Waals surface area (Å²) in [6.45, 7) is 1.94. The van der Waals surface area contributed by atoms with Crippen LogP contribution in [-0.4, -0.2) is 37.2 Å². The van der Waals surface area contributed by atoms with Gasteiger partial charge >= 0.3 is 12.1 Å². The molecule has 0 heterocycles. The molecule has 1 amide bonds. The number of nitrogens with one attached hydrogen (secondary N) is 1. The third kappa shape index (κ3) is 5.05. The number of nitro benzene ring substituents is 1. The summed E-state index contributed by atoms with van der Waals surface area (Å²) in [5.74, 6) is 4.97. The molecule has 0 saturated heterocycles. The molecule has 1 aliphatic rings. The van der Waals surface area contributed by atoms with E-state index >= 15 is 0 Å². The number of hydrogen-bond acceptors (Lipinski definition) is 6. The molecule has 182 valence electrons. The van der Waals surface area contributed by atoms with E-state index in [1.54, 1.807) is 0 Å². The first-order valence-corrected chi connectivity index (χ1v) is 11.4. The second kappa shape index (κ2) is 10.7. The SMILES string of the molecule is COC(=O)c1cc(C#CCCNC(=O)OCC2c3ccccc3-c3ccccc32)cc([N+](=O)[O-])c1C. The Bertz CT molecular complexity index is 1360. The number of amides is 1. The molecule has 0 atom stereocenters. The zero-order chi connectivity index (χ0) is 25.7. The van der Waals surface area contributed by atoms with Gasteiger partial charge in [0.15, 0.2) is 0 Å². The number of carbonyl (C=O) groups is 2. The Labute approximate surface area is 208 Å². The Morgan fingerprint density at radius 1 is 1.06 bits per heavy atom. The molecule has 3 aromatic carbocycles. The van der Waals surface area contributed by atoms with Crippen LogP contribution in [0.2, 0.25) is 0 Å². The van der Waals surface area contributed by atoms with Crippen molar-refractivity contribution in [3.8, 4) is 23.0 Å². The molecule has 8 nitrogen and oxygen atoms in total. The van der Waals surface area contributed by atoms with E-state index < -0.39 is 17.0 Å². The van der Waals surface area contributed by atoms with Crippen LogP contribution in [0.15, 0.2) is 60.7 Å². The second-order valence-electron chi connectivity index (χ2n) is 8.22.